The summed E-state index contributed by atoms with van der Waals surface area (Å²) in [5.74, 6) is 1.76. The molecule has 0 aliphatic heterocycles. The van der Waals surface area contributed by atoms with Crippen LogP contribution >= 0.6 is 0 Å². The van der Waals surface area contributed by atoms with Crippen molar-refractivity contribution in [1.82, 2.24) is 14.8 Å². The Kier molecular flexibility index (Phi) is 3.82. The van der Waals surface area contributed by atoms with E-state index < -0.39 is 0 Å². The molecule has 0 amide bonds. The van der Waals surface area contributed by atoms with Crippen molar-refractivity contribution >= 4 is 0 Å². The van der Waals surface area contributed by atoms with Gasteiger partial charge in [-0.05, 0) is 20.8 Å². The summed E-state index contributed by atoms with van der Waals surface area (Å²) < 4.78 is 7.13. The minimum atomic E-state index is -0.0404. The molecular formula is C10H20N4O. The van der Waals surface area contributed by atoms with Crippen LogP contribution in [0.25, 0.3) is 0 Å². The number of nitrogens with zero attached hydrogens (tertiary/aromatic N) is 3. The van der Waals surface area contributed by atoms with Gasteiger partial charge in [0.05, 0.1) is 13.2 Å². The number of aromatic nitrogens is 3. The Bertz CT molecular complexity index is 314. The molecule has 0 fully saturated rings. The van der Waals surface area contributed by atoms with Gasteiger partial charge in [0.25, 0.3) is 0 Å². The van der Waals surface area contributed by atoms with Crippen LogP contribution < -0.4 is 5.73 Å². The Balaban J connectivity index is 3.01. The average molecular weight is 212 g/mol. The summed E-state index contributed by atoms with van der Waals surface area (Å²) in [5.41, 5.74) is 5.59. The first kappa shape index (κ1) is 12.1. The normalized spacial score (nSPS) is 12.1. The molecule has 0 unspecified atom stereocenters. The van der Waals surface area contributed by atoms with Gasteiger partial charge in [0, 0.05) is 19.1 Å². The van der Waals surface area contributed by atoms with E-state index in [0.29, 0.717) is 13.2 Å². The smallest absolute Gasteiger partial charge is 0.147 e. The van der Waals surface area contributed by atoms with Gasteiger partial charge in [0.2, 0.25) is 0 Å². The summed E-state index contributed by atoms with van der Waals surface area (Å²) in [6.45, 7) is 7.42. The SMILES string of the molecule is COCCc1nnc(CN)n1C(C)(C)C. The molecule has 0 bridgehead atoms. The maximum Gasteiger partial charge on any atom is 0.147 e. The zero-order chi connectivity index (χ0) is 11.5. The molecule has 0 radical (unpaired) electrons. The topological polar surface area (TPSA) is 66.0 Å². The third kappa shape index (κ3) is 2.76. The largest absolute Gasteiger partial charge is 0.384 e. The zero-order valence-electron chi connectivity index (χ0n) is 9.95. The number of hydrogen-bond acceptors (Lipinski definition) is 4. The molecule has 0 atom stereocenters. The number of hydrogen-bond donors (Lipinski definition) is 1. The van der Waals surface area contributed by atoms with Crippen molar-refractivity contribution in [2.24, 2.45) is 5.73 Å². The summed E-state index contributed by atoms with van der Waals surface area (Å²) >= 11 is 0. The van der Waals surface area contributed by atoms with E-state index in [-0.39, 0.29) is 5.54 Å². The van der Waals surface area contributed by atoms with Gasteiger partial charge < -0.3 is 15.0 Å². The van der Waals surface area contributed by atoms with E-state index in [2.05, 4.69) is 35.5 Å². The van der Waals surface area contributed by atoms with Crippen LogP contribution in [0.3, 0.4) is 0 Å². The maximum atomic E-state index is 5.63. The Hall–Kier alpha value is -0.940. The van der Waals surface area contributed by atoms with Crippen molar-refractivity contribution in [2.75, 3.05) is 13.7 Å². The van der Waals surface area contributed by atoms with Gasteiger partial charge in [-0.15, -0.1) is 10.2 Å². The number of methoxy groups -OCH3 is 1. The van der Waals surface area contributed by atoms with Crippen molar-refractivity contribution in [3.63, 3.8) is 0 Å². The predicted molar refractivity (Wildman–Crippen MR) is 58.5 cm³/mol. The molecule has 86 valence electrons. The first-order valence-electron chi connectivity index (χ1n) is 5.13. The molecule has 5 heteroatoms. The van der Waals surface area contributed by atoms with Crippen LogP contribution in [0.4, 0.5) is 0 Å². The Morgan fingerprint density at radius 2 is 1.87 bits per heavy atom. The molecule has 0 aliphatic carbocycles. The Morgan fingerprint density at radius 3 is 2.33 bits per heavy atom. The van der Waals surface area contributed by atoms with Gasteiger partial charge in [0.1, 0.15) is 11.6 Å². The molecule has 1 heterocycles. The van der Waals surface area contributed by atoms with Crippen LogP contribution in [0.5, 0.6) is 0 Å². The summed E-state index contributed by atoms with van der Waals surface area (Å²) in [6.07, 6.45) is 0.765. The fourth-order valence-corrected chi connectivity index (χ4v) is 1.62. The lowest BCUT2D eigenvalue weighted by Gasteiger charge is -2.24. The first-order chi connectivity index (χ1) is 7.00. The van der Waals surface area contributed by atoms with Crippen molar-refractivity contribution in [1.29, 1.82) is 0 Å². The Labute approximate surface area is 90.6 Å². The quantitative estimate of drug-likeness (QED) is 0.797. The molecule has 0 saturated heterocycles. The molecule has 0 aromatic carbocycles. The predicted octanol–water partition coefficient (Wildman–Crippen LogP) is 0.681. The van der Waals surface area contributed by atoms with Crippen LogP contribution in [-0.2, 0) is 23.2 Å². The highest BCUT2D eigenvalue weighted by Crippen LogP contribution is 2.18. The number of nitrogens with two attached hydrogens (primary N) is 1. The zero-order valence-corrected chi connectivity index (χ0v) is 9.95. The molecule has 0 aliphatic rings. The summed E-state index contributed by atoms with van der Waals surface area (Å²) in [4.78, 5) is 0. The fraction of sp³-hybridized carbons (Fsp3) is 0.800. The standard InChI is InChI=1S/C10H20N4O/c1-10(2,3)14-8(5-6-15-4)12-13-9(14)7-11/h5-7,11H2,1-4H3. The lowest BCUT2D eigenvalue weighted by Crippen LogP contribution is -2.27. The van der Waals surface area contributed by atoms with Crippen LogP contribution in [0.15, 0.2) is 0 Å². The summed E-state index contributed by atoms with van der Waals surface area (Å²) in [5, 5.41) is 8.23. The molecular weight excluding hydrogens is 192 g/mol. The minimum absolute atomic E-state index is 0.0404. The van der Waals surface area contributed by atoms with Crippen molar-refractivity contribution in [3.8, 4) is 0 Å². The highest BCUT2D eigenvalue weighted by atomic mass is 16.5. The summed E-state index contributed by atoms with van der Waals surface area (Å²) in [7, 11) is 1.68. The van der Waals surface area contributed by atoms with Crippen molar-refractivity contribution < 1.29 is 4.74 Å². The lowest BCUT2D eigenvalue weighted by atomic mass is 10.1. The monoisotopic (exact) mass is 212 g/mol. The molecule has 0 saturated carbocycles. The van der Waals surface area contributed by atoms with E-state index >= 15 is 0 Å². The third-order valence-electron chi connectivity index (χ3n) is 2.18. The van der Waals surface area contributed by atoms with Gasteiger partial charge in [-0.2, -0.15) is 0 Å². The van der Waals surface area contributed by atoms with Crippen LogP contribution in [0.2, 0.25) is 0 Å². The molecule has 2 N–H and O–H groups in total. The highest BCUT2D eigenvalue weighted by molar-refractivity contribution is 5.01. The van der Waals surface area contributed by atoms with Gasteiger partial charge in [-0.3, -0.25) is 0 Å². The van der Waals surface area contributed by atoms with Gasteiger partial charge in [-0.1, -0.05) is 0 Å². The van der Waals surface area contributed by atoms with E-state index in [1.807, 2.05) is 0 Å². The average Bonchev–Trinajstić information content (AvgIpc) is 2.56. The van der Waals surface area contributed by atoms with Crippen LogP contribution in [0, 0.1) is 0 Å². The second-order valence-corrected chi connectivity index (χ2v) is 4.49. The van der Waals surface area contributed by atoms with Gasteiger partial charge >= 0.3 is 0 Å². The molecule has 15 heavy (non-hydrogen) atoms. The van der Waals surface area contributed by atoms with Gasteiger partial charge in [0.15, 0.2) is 0 Å². The van der Waals surface area contributed by atoms with E-state index in [9.17, 15) is 0 Å². The molecule has 1 aromatic heterocycles. The second-order valence-electron chi connectivity index (χ2n) is 4.49. The van der Waals surface area contributed by atoms with E-state index in [1.54, 1.807) is 7.11 Å². The second kappa shape index (κ2) is 4.72. The highest BCUT2D eigenvalue weighted by Gasteiger charge is 2.21. The number of rotatable bonds is 4. The van der Waals surface area contributed by atoms with E-state index in [4.69, 9.17) is 10.5 Å². The molecule has 5 nitrogen and oxygen atoms in total. The van der Waals surface area contributed by atoms with Crippen LogP contribution in [0.1, 0.15) is 32.4 Å². The van der Waals surface area contributed by atoms with Crippen molar-refractivity contribution in [3.05, 3.63) is 11.6 Å². The van der Waals surface area contributed by atoms with Gasteiger partial charge in [-0.25, -0.2) is 0 Å². The number of ether oxygens (including phenoxy) is 1. The van der Waals surface area contributed by atoms with Crippen molar-refractivity contribution in [2.45, 2.75) is 39.3 Å². The third-order valence-corrected chi connectivity index (χ3v) is 2.18. The summed E-state index contributed by atoms with van der Waals surface area (Å²) in [6, 6.07) is 0. The first-order valence-corrected chi connectivity index (χ1v) is 5.13. The molecule has 1 aromatic rings. The molecule has 1 rings (SSSR count). The van der Waals surface area contributed by atoms with Crippen LogP contribution in [-0.4, -0.2) is 28.5 Å². The van der Waals surface area contributed by atoms with E-state index in [0.717, 1.165) is 18.1 Å². The fourth-order valence-electron chi connectivity index (χ4n) is 1.62. The minimum Gasteiger partial charge on any atom is -0.384 e. The lowest BCUT2D eigenvalue weighted by molar-refractivity contribution is 0.197. The van der Waals surface area contributed by atoms with E-state index in [1.165, 1.54) is 0 Å². The maximum absolute atomic E-state index is 5.63. The molecule has 0 spiro atoms. The Morgan fingerprint density at radius 1 is 1.27 bits per heavy atom.